The lowest BCUT2D eigenvalue weighted by atomic mass is 9.81. The third-order valence-corrected chi connectivity index (χ3v) is 11.8. The average molecular weight is 677 g/mol. The molecule has 0 saturated heterocycles. The molecule has 2 heterocycles. The number of rotatable bonds is 4. The molecule has 1 aliphatic rings. The van der Waals surface area contributed by atoms with Crippen LogP contribution in [0, 0.1) is 0 Å². The lowest BCUT2D eigenvalue weighted by Crippen LogP contribution is -2.15. The van der Waals surface area contributed by atoms with Gasteiger partial charge < -0.3 is 9.13 Å². The van der Waals surface area contributed by atoms with Crippen molar-refractivity contribution in [2.75, 3.05) is 0 Å². The van der Waals surface area contributed by atoms with Gasteiger partial charge in [-0.3, -0.25) is 0 Å². The second kappa shape index (κ2) is 11.2. The van der Waals surface area contributed by atoms with E-state index < -0.39 is 0 Å². The topological polar surface area (TPSA) is 9.86 Å². The summed E-state index contributed by atoms with van der Waals surface area (Å²) in [5.41, 5.74) is 17.6. The summed E-state index contributed by atoms with van der Waals surface area (Å²) in [6, 6.07) is 67.0. The van der Waals surface area contributed by atoms with E-state index in [0.717, 1.165) is 0 Å². The smallest absolute Gasteiger partial charge is 0.0541 e. The Morgan fingerprint density at radius 1 is 0.321 bits per heavy atom. The number of benzene rings is 8. The van der Waals surface area contributed by atoms with Gasteiger partial charge in [-0.1, -0.05) is 135 Å². The minimum atomic E-state index is -0.123. The van der Waals surface area contributed by atoms with Gasteiger partial charge in [0.25, 0.3) is 0 Å². The molecular formula is C51H36N2. The number of hydrogen-bond acceptors (Lipinski definition) is 0. The molecule has 8 aromatic carbocycles. The predicted octanol–water partition coefficient (Wildman–Crippen LogP) is 13.5. The molecule has 0 unspecified atom stereocenters. The maximum atomic E-state index is 2.42. The highest BCUT2D eigenvalue weighted by Gasteiger charge is 2.36. The Kier molecular flexibility index (Phi) is 6.33. The SMILES string of the molecule is CC1(C)c2cc(-c3ccc(-n4c5ccccc5c5ccccc54)cc3)ccc2-c2ccc(-c3ccc(-n4c5ccccc5c5ccccc54)cc3)cc21. The van der Waals surface area contributed by atoms with Gasteiger partial charge in [0, 0.05) is 38.3 Å². The Labute approximate surface area is 308 Å². The van der Waals surface area contributed by atoms with Crippen LogP contribution in [0.5, 0.6) is 0 Å². The van der Waals surface area contributed by atoms with Gasteiger partial charge in [0.1, 0.15) is 0 Å². The first kappa shape index (κ1) is 30.0. The Bertz CT molecular complexity index is 2750. The Hall–Kier alpha value is -6.64. The zero-order valence-electron chi connectivity index (χ0n) is 29.7. The molecule has 2 nitrogen and oxygen atoms in total. The van der Waals surface area contributed by atoms with E-state index in [2.05, 4.69) is 205 Å². The molecule has 0 N–H and O–H groups in total. The minimum absolute atomic E-state index is 0.123. The van der Waals surface area contributed by atoms with Gasteiger partial charge in [0.05, 0.1) is 22.1 Å². The van der Waals surface area contributed by atoms with Crippen LogP contribution in [-0.4, -0.2) is 9.13 Å². The zero-order valence-corrected chi connectivity index (χ0v) is 29.7. The standard InChI is InChI=1S/C51H36N2/c1-51(2)45-31-35(33-19-25-37(26-20-33)52-47-15-7-3-11-41(47)42-12-4-8-16-48(42)52)23-29-39(45)40-30-24-36(32-46(40)51)34-21-27-38(28-22-34)53-49-17-9-5-13-43(49)44-14-6-10-18-50(44)53/h3-32H,1-2H3. The highest BCUT2D eigenvalue weighted by molar-refractivity contribution is 6.10. The second-order valence-electron chi connectivity index (χ2n) is 15.0. The first-order valence-electron chi connectivity index (χ1n) is 18.5. The lowest BCUT2D eigenvalue weighted by Gasteiger charge is -2.23. The van der Waals surface area contributed by atoms with E-state index in [4.69, 9.17) is 0 Å². The maximum Gasteiger partial charge on any atom is 0.0541 e. The predicted molar refractivity (Wildman–Crippen MR) is 224 cm³/mol. The van der Waals surface area contributed by atoms with Crippen LogP contribution in [0.2, 0.25) is 0 Å². The van der Waals surface area contributed by atoms with E-state index >= 15 is 0 Å². The highest BCUT2D eigenvalue weighted by Crippen LogP contribution is 2.51. The molecule has 0 bridgehead atoms. The number of aromatic nitrogens is 2. The number of nitrogens with zero attached hydrogens (tertiary/aromatic N) is 2. The van der Waals surface area contributed by atoms with Crippen LogP contribution in [0.4, 0.5) is 0 Å². The molecular weight excluding hydrogens is 641 g/mol. The summed E-state index contributed by atoms with van der Waals surface area (Å²) in [6.45, 7) is 4.75. The fourth-order valence-corrected chi connectivity index (χ4v) is 9.10. The van der Waals surface area contributed by atoms with Gasteiger partial charge in [0.2, 0.25) is 0 Å². The third-order valence-electron chi connectivity index (χ3n) is 11.8. The molecule has 53 heavy (non-hydrogen) atoms. The van der Waals surface area contributed by atoms with Crippen LogP contribution < -0.4 is 0 Å². The van der Waals surface area contributed by atoms with Gasteiger partial charge in [-0.25, -0.2) is 0 Å². The molecule has 1 aliphatic carbocycles. The molecule has 0 atom stereocenters. The summed E-state index contributed by atoms with van der Waals surface area (Å²) < 4.78 is 4.76. The normalized spacial score (nSPS) is 13.2. The Morgan fingerprint density at radius 3 is 0.962 bits per heavy atom. The molecule has 2 heteroatoms. The van der Waals surface area contributed by atoms with Crippen molar-refractivity contribution in [2.24, 2.45) is 0 Å². The Morgan fingerprint density at radius 2 is 0.623 bits per heavy atom. The van der Waals surface area contributed by atoms with Gasteiger partial charge >= 0.3 is 0 Å². The summed E-state index contributed by atoms with van der Waals surface area (Å²) in [6.07, 6.45) is 0. The molecule has 2 aromatic heterocycles. The summed E-state index contributed by atoms with van der Waals surface area (Å²) in [4.78, 5) is 0. The molecule has 0 saturated carbocycles. The quantitative estimate of drug-likeness (QED) is 0.176. The van der Waals surface area contributed by atoms with Gasteiger partial charge in [-0.05, 0) is 105 Å². The van der Waals surface area contributed by atoms with Crippen LogP contribution in [-0.2, 0) is 5.41 Å². The minimum Gasteiger partial charge on any atom is -0.309 e. The van der Waals surface area contributed by atoms with E-state index in [0.29, 0.717) is 0 Å². The molecule has 10 aromatic rings. The molecule has 0 amide bonds. The summed E-state index contributed by atoms with van der Waals surface area (Å²) in [7, 11) is 0. The molecule has 0 aliphatic heterocycles. The largest absolute Gasteiger partial charge is 0.309 e. The monoisotopic (exact) mass is 676 g/mol. The fraction of sp³-hybridized carbons (Fsp3) is 0.0588. The average Bonchev–Trinajstić information content (AvgIpc) is 3.81. The lowest BCUT2D eigenvalue weighted by molar-refractivity contribution is 0.661. The van der Waals surface area contributed by atoms with Crippen molar-refractivity contribution in [1.82, 2.24) is 9.13 Å². The van der Waals surface area contributed by atoms with E-state index in [1.54, 1.807) is 0 Å². The van der Waals surface area contributed by atoms with Gasteiger partial charge in [-0.2, -0.15) is 0 Å². The summed E-state index contributed by atoms with van der Waals surface area (Å²) >= 11 is 0. The van der Waals surface area contributed by atoms with Gasteiger partial charge in [-0.15, -0.1) is 0 Å². The molecule has 0 spiro atoms. The van der Waals surface area contributed by atoms with Crippen molar-refractivity contribution in [2.45, 2.75) is 19.3 Å². The molecule has 0 fully saturated rings. The number of fused-ring (bicyclic) bond motifs is 9. The van der Waals surface area contributed by atoms with Crippen LogP contribution in [0.15, 0.2) is 182 Å². The van der Waals surface area contributed by atoms with Crippen molar-refractivity contribution >= 4 is 43.6 Å². The third kappa shape index (κ3) is 4.39. The number of para-hydroxylation sites is 4. The van der Waals surface area contributed by atoms with E-state index in [1.165, 1.54) is 99.5 Å². The number of hydrogen-bond donors (Lipinski definition) is 0. The van der Waals surface area contributed by atoms with Gasteiger partial charge in [0.15, 0.2) is 0 Å². The fourth-order valence-electron chi connectivity index (χ4n) is 9.10. The van der Waals surface area contributed by atoms with Crippen LogP contribution >= 0.6 is 0 Å². The van der Waals surface area contributed by atoms with E-state index in [-0.39, 0.29) is 5.41 Å². The van der Waals surface area contributed by atoms with E-state index in [1.807, 2.05) is 0 Å². The summed E-state index contributed by atoms with van der Waals surface area (Å²) in [5, 5.41) is 5.14. The van der Waals surface area contributed by atoms with Crippen molar-refractivity contribution in [3.8, 4) is 44.8 Å². The van der Waals surface area contributed by atoms with E-state index in [9.17, 15) is 0 Å². The Balaban J connectivity index is 0.921. The first-order valence-corrected chi connectivity index (χ1v) is 18.5. The molecule has 11 rings (SSSR count). The van der Waals surface area contributed by atoms with Crippen molar-refractivity contribution in [3.63, 3.8) is 0 Å². The van der Waals surface area contributed by atoms with Crippen molar-refractivity contribution in [1.29, 1.82) is 0 Å². The van der Waals surface area contributed by atoms with Crippen LogP contribution in [0.25, 0.3) is 88.4 Å². The molecule has 0 radical (unpaired) electrons. The second-order valence-corrected chi connectivity index (χ2v) is 15.0. The van der Waals surface area contributed by atoms with Crippen molar-refractivity contribution < 1.29 is 0 Å². The summed E-state index contributed by atoms with van der Waals surface area (Å²) in [5.74, 6) is 0. The first-order chi connectivity index (χ1) is 26.0. The van der Waals surface area contributed by atoms with Crippen LogP contribution in [0.3, 0.4) is 0 Å². The van der Waals surface area contributed by atoms with Crippen molar-refractivity contribution in [3.05, 3.63) is 193 Å². The zero-order chi connectivity index (χ0) is 35.3. The molecule has 250 valence electrons. The maximum absolute atomic E-state index is 2.42. The highest BCUT2D eigenvalue weighted by atomic mass is 15.0. The van der Waals surface area contributed by atoms with Crippen LogP contribution in [0.1, 0.15) is 25.0 Å².